The lowest BCUT2D eigenvalue weighted by Gasteiger charge is -2.31. The molecule has 27 heavy (non-hydrogen) atoms. The maximum absolute atomic E-state index is 13.7. The number of halogens is 2. The van der Waals surface area contributed by atoms with E-state index < -0.39 is 17.6 Å². The Balaban J connectivity index is 1.62. The molecule has 1 aliphatic rings. The molecule has 0 saturated carbocycles. The Morgan fingerprint density at radius 3 is 2.52 bits per heavy atom. The van der Waals surface area contributed by atoms with E-state index in [0.717, 1.165) is 12.1 Å². The van der Waals surface area contributed by atoms with Crippen LogP contribution in [-0.4, -0.2) is 41.1 Å². The highest BCUT2D eigenvalue weighted by Crippen LogP contribution is 2.24. The minimum Gasteiger partial charge on any atom is -0.487 e. The summed E-state index contributed by atoms with van der Waals surface area (Å²) in [6.45, 7) is 2.46. The topological polar surface area (TPSA) is 80.0 Å². The van der Waals surface area contributed by atoms with E-state index in [4.69, 9.17) is 14.3 Å². The number of hydrogen-bond donors (Lipinski definition) is 1. The van der Waals surface area contributed by atoms with E-state index in [1.54, 1.807) is 11.8 Å². The lowest BCUT2D eigenvalue weighted by atomic mass is 10.1. The molecule has 0 unspecified atom stereocenters. The van der Waals surface area contributed by atoms with Crippen LogP contribution in [0, 0.1) is 11.6 Å². The van der Waals surface area contributed by atoms with Crippen molar-refractivity contribution < 1.29 is 32.6 Å². The molecule has 0 radical (unpaired) electrons. The van der Waals surface area contributed by atoms with Gasteiger partial charge in [0.15, 0.2) is 17.3 Å². The maximum Gasteiger partial charge on any atom is 0.339 e. The van der Waals surface area contributed by atoms with Crippen LogP contribution >= 0.6 is 0 Å². The molecule has 1 aromatic carbocycles. The van der Waals surface area contributed by atoms with Crippen LogP contribution in [0.15, 0.2) is 28.7 Å². The van der Waals surface area contributed by atoms with E-state index in [9.17, 15) is 18.4 Å². The summed E-state index contributed by atoms with van der Waals surface area (Å²) < 4.78 is 37.6. The second-order valence-corrected chi connectivity index (χ2v) is 6.29. The van der Waals surface area contributed by atoms with E-state index in [-0.39, 0.29) is 34.8 Å². The molecule has 3 rings (SSSR count). The average Bonchev–Trinajstić information content (AvgIpc) is 3.09. The number of likely N-dealkylation sites (tertiary alicyclic amines) is 1. The number of benzene rings is 1. The van der Waals surface area contributed by atoms with Gasteiger partial charge >= 0.3 is 5.97 Å². The van der Waals surface area contributed by atoms with Gasteiger partial charge in [0.1, 0.15) is 23.2 Å². The molecule has 0 aliphatic carbocycles. The number of nitrogens with zero attached hydrogens (tertiary/aromatic N) is 1. The number of ether oxygens (including phenoxy) is 1. The monoisotopic (exact) mass is 379 g/mol. The Hall–Kier alpha value is -2.90. The van der Waals surface area contributed by atoms with Crippen molar-refractivity contribution in [3.8, 4) is 5.75 Å². The number of piperidine rings is 1. The fourth-order valence-electron chi connectivity index (χ4n) is 3.06. The first-order valence-corrected chi connectivity index (χ1v) is 8.66. The van der Waals surface area contributed by atoms with Gasteiger partial charge < -0.3 is 19.2 Å². The first kappa shape index (κ1) is 18.9. The highest BCUT2D eigenvalue weighted by atomic mass is 19.1. The fraction of sp³-hybridized carbons (Fsp3) is 0.368. The number of carboxylic acid groups (broad SMARTS) is 1. The van der Waals surface area contributed by atoms with Crippen molar-refractivity contribution in [3.63, 3.8) is 0 Å². The standard InChI is InChI=1S/C19H19F2NO5/c1-2-15-13(19(24)25)10-17(27-15)18(23)22-7-5-12(6-8-22)26-16-4-3-11(20)9-14(16)21/h3-4,9-10,12H,2,5-8H2,1H3,(H,24,25). The molecule has 0 atom stereocenters. The third-order valence-electron chi connectivity index (χ3n) is 4.49. The van der Waals surface area contributed by atoms with Gasteiger partial charge in [-0.2, -0.15) is 0 Å². The molecule has 1 N–H and O–H groups in total. The quantitative estimate of drug-likeness (QED) is 0.860. The highest BCUT2D eigenvalue weighted by Gasteiger charge is 2.28. The van der Waals surface area contributed by atoms with Gasteiger partial charge in [-0.15, -0.1) is 0 Å². The molecule has 1 aliphatic heterocycles. The van der Waals surface area contributed by atoms with Crippen molar-refractivity contribution in [1.82, 2.24) is 4.90 Å². The Bertz CT molecular complexity index is 856. The van der Waals surface area contributed by atoms with Crippen LogP contribution in [0.5, 0.6) is 5.75 Å². The van der Waals surface area contributed by atoms with E-state index in [2.05, 4.69) is 0 Å². The number of aryl methyl sites for hydroxylation is 1. The summed E-state index contributed by atoms with van der Waals surface area (Å²) in [5, 5.41) is 9.16. The van der Waals surface area contributed by atoms with Gasteiger partial charge in [0.25, 0.3) is 5.91 Å². The van der Waals surface area contributed by atoms with Crippen molar-refractivity contribution >= 4 is 11.9 Å². The van der Waals surface area contributed by atoms with Gasteiger partial charge in [-0.1, -0.05) is 6.92 Å². The number of rotatable bonds is 5. The molecular formula is C19H19F2NO5. The summed E-state index contributed by atoms with van der Waals surface area (Å²) in [6, 6.07) is 4.38. The number of aromatic carboxylic acids is 1. The van der Waals surface area contributed by atoms with Crippen LogP contribution in [0.3, 0.4) is 0 Å². The van der Waals surface area contributed by atoms with E-state index in [0.29, 0.717) is 32.4 Å². The van der Waals surface area contributed by atoms with E-state index in [1.165, 1.54) is 12.1 Å². The van der Waals surface area contributed by atoms with Gasteiger partial charge in [0.05, 0.1) is 0 Å². The number of carbonyl (C=O) groups excluding carboxylic acids is 1. The molecule has 0 spiro atoms. The van der Waals surface area contributed by atoms with Crippen molar-refractivity contribution in [1.29, 1.82) is 0 Å². The second-order valence-electron chi connectivity index (χ2n) is 6.29. The molecule has 1 fully saturated rings. The van der Waals surface area contributed by atoms with Crippen LogP contribution in [-0.2, 0) is 6.42 Å². The van der Waals surface area contributed by atoms with Crippen molar-refractivity contribution in [2.75, 3.05) is 13.1 Å². The summed E-state index contributed by atoms with van der Waals surface area (Å²) in [7, 11) is 0. The lowest BCUT2D eigenvalue weighted by molar-refractivity contribution is 0.0557. The first-order chi connectivity index (χ1) is 12.9. The minimum atomic E-state index is -1.14. The van der Waals surface area contributed by atoms with Gasteiger partial charge in [0.2, 0.25) is 0 Å². The molecule has 8 heteroatoms. The van der Waals surface area contributed by atoms with Crippen molar-refractivity contribution in [2.24, 2.45) is 0 Å². The van der Waals surface area contributed by atoms with E-state index in [1.807, 2.05) is 0 Å². The predicted molar refractivity (Wildman–Crippen MR) is 91.0 cm³/mol. The fourth-order valence-corrected chi connectivity index (χ4v) is 3.06. The molecule has 144 valence electrons. The summed E-state index contributed by atoms with van der Waals surface area (Å²) in [4.78, 5) is 25.3. The van der Waals surface area contributed by atoms with E-state index >= 15 is 0 Å². The zero-order valence-electron chi connectivity index (χ0n) is 14.7. The average molecular weight is 379 g/mol. The number of amides is 1. The van der Waals surface area contributed by atoms with Crippen LogP contribution in [0.2, 0.25) is 0 Å². The first-order valence-electron chi connectivity index (χ1n) is 8.66. The molecule has 6 nitrogen and oxygen atoms in total. The van der Waals surface area contributed by atoms with Gasteiger partial charge in [-0.25, -0.2) is 13.6 Å². The smallest absolute Gasteiger partial charge is 0.339 e. The van der Waals surface area contributed by atoms with Crippen LogP contribution < -0.4 is 4.74 Å². The Labute approximate surface area is 154 Å². The largest absolute Gasteiger partial charge is 0.487 e. The number of furan rings is 1. The van der Waals surface area contributed by atoms with Gasteiger partial charge in [-0.05, 0) is 12.1 Å². The molecule has 1 saturated heterocycles. The maximum atomic E-state index is 13.7. The lowest BCUT2D eigenvalue weighted by Crippen LogP contribution is -2.41. The predicted octanol–water partition coefficient (Wildman–Crippen LogP) is 3.50. The summed E-state index contributed by atoms with van der Waals surface area (Å²) in [5.74, 6) is -2.73. The zero-order chi connectivity index (χ0) is 19.6. The second kappa shape index (κ2) is 7.77. The molecular weight excluding hydrogens is 360 g/mol. The van der Waals surface area contributed by atoms with Crippen LogP contribution in [0.25, 0.3) is 0 Å². The number of hydrogen-bond acceptors (Lipinski definition) is 4. The minimum absolute atomic E-state index is 0.00630. The molecule has 1 amide bonds. The van der Waals surface area contributed by atoms with Crippen LogP contribution in [0.1, 0.15) is 46.4 Å². The number of carboxylic acids is 1. The molecule has 1 aromatic heterocycles. The third kappa shape index (κ3) is 4.10. The SMILES string of the molecule is CCc1oc(C(=O)N2CCC(Oc3ccc(F)cc3F)CC2)cc1C(=O)O. The molecule has 2 aromatic rings. The Morgan fingerprint density at radius 2 is 1.96 bits per heavy atom. The third-order valence-corrected chi connectivity index (χ3v) is 4.49. The summed E-state index contributed by atoms with van der Waals surface area (Å²) in [5.41, 5.74) is -0.00847. The van der Waals surface area contributed by atoms with Gasteiger partial charge in [0, 0.05) is 44.5 Å². The van der Waals surface area contributed by atoms with Gasteiger partial charge in [-0.3, -0.25) is 4.79 Å². The zero-order valence-corrected chi connectivity index (χ0v) is 14.7. The van der Waals surface area contributed by atoms with Crippen molar-refractivity contribution in [2.45, 2.75) is 32.3 Å². The normalized spacial score (nSPS) is 15.0. The van der Waals surface area contributed by atoms with Crippen molar-refractivity contribution in [3.05, 3.63) is 53.0 Å². The Morgan fingerprint density at radius 1 is 1.26 bits per heavy atom. The molecule has 2 heterocycles. The summed E-state index contributed by atoms with van der Waals surface area (Å²) in [6.07, 6.45) is 1.01. The molecule has 0 bridgehead atoms. The summed E-state index contributed by atoms with van der Waals surface area (Å²) >= 11 is 0. The number of carbonyl (C=O) groups is 2. The highest BCUT2D eigenvalue weighted by molar-refractivity contribution is 5.96. The Kier molecular flexibility index (Phi) is 5.43. The van der Waals surface area contributed by atoms with Crippen LogP contribution in [0.4, 0.5) is 8.78 Å².